The number of carbonyl (C=O) groups is 1. The number of rotatable bonds is 3. The van der Waals surface area contributed by atoms with Gasteiger partial charge in [0.05, 0.1) is 11.8 Å². The SMILES string of the molecule is Cc1nc(N2CCN(C(=O)c3cncc(F)c3)CC2)cc(-n2ccnc2)n1. The molecule has 27 heavy (non-hydrogen) atoms. The Kier molecular flexibility index (Phi) is 4.49. The molecule has 3 aromatic rings. The number of piperazine rings is 1. The number of amides is 1. The van der Waals surface area contributed by atoms with Crippen LogP contribution < -0.4 is 4.90 Å². The molecule has 1 saturated heterocycles. The van der Waals surface area contributed by atoms with E-state index in [4.69, 9.17) is 0 Å². The lowest BCUT2D eigenvalue weighted by atomic mass is 10.2. The fraction of sp³-hybridized carbons (Fsp3) is 0.278. The van der Waals surface area contributed by atoms with Crippen molar-refractivity contribution in [1.29, 1.82) is 0 Å². The van der Waals surface area contributed by atoms with Gasteiger partial charge in [0.2, 0.25) is 0 Å². The predicted molar refractivity (Wildman–Crippen MR) is 96.2 cm³/mol. The predicted octanol–water partition coefficient (Wildman–Crippen LogP) is 1.47. The second kappa shape index (κ2) is 7.10. The maximum atomic E-state index is 13.3. The van der Waals surface area contributed by atoms with E-state index in [1.165, 1.54) is 12.3 Å². The average molecular weight is 367 g/mol. The number of halogens is 1. The van der Waals surface area contributed by atoms with Crippen LogP contribution in [-0.4, -0.2) is 61.5 Å². The van der Waals surface area contributed by atoms with Crippen LogP contribution in [0, 0.1) is 12.7 Å². The zero-order valence-electron chi connectivity index (χ0n) is 14.8. The van der Waals surface area contributed by atoms with E-state index >= 15 is 0 Å². The van der Waals surface area contributed by atoms with Crippen molar-refractivity contribution >= 4 is 11.7 Å². The Hall–Kier alpha value is -3.36. The Morgan fingerprint density at radius 2 is 1.81 bits per heavy atom. The van der Waals surface area contributed by atoms with E-state index in [-0.39, 0.29) is 11.5 Å². The lowest BCUT2D eigenvalue weighted by molar-refractivity contribution is 0.0745. The fourth-order valence-electron chi connectivity index (χ4n) is 3.08. The highest BCUT2D eigenvalue weighted by Gasteiger charge is 2.24. The van der Waals surface area contributed by atoms with Crippen LogP contribution in [-0.2, 0) is 0 Å². The standard InChI is InChI=1S/C18H18FN7O/c1-13-22-16(9-17(23-13)26-3-2-20-12-26)24-4-6-25(7-5-24)18(27)14-8-15(19)11-21-10-14/h2-3,8-12H,4-7H2,1H3. The van der Waals surface area contributed by atoms with Crippen LogP contribution >= 0.6 is 0 Å². The van der Waals surface area contributed by atoms with Crippen molar-refractivity contribution in [3.8, 4) is 5.82 Å². The molecular formula is C18H18FN7O. The van der Waals surface area contributed by atoms with E-state index in [0.29, 0.717) is 32.0 Å². The smallest absolute Gasteiger partial charge is 0.255 e. The van der Waals surface area contributed by atoms with E-state index in [2.05, 4.69) is 24.8 Å². The van der Waals surface area contributed by atoms with Crippen LogP contribution in [0.15, 0.2) is 43.2 Å². The van der Waals surface area contributed by atoms with Crippen molar-refractivity contribution in [2.24, 2.45) is 0 Å². The Balaban J connectivity index is 1.47. The van der Waals surface area contributed by atoms with Crippen LogP contribution in [0.25, 0.3) is 5.82 Å². The summed E-state index contributed by atoms with van der Waals surface area (Å²) in [6, 6.07) is 3.12. The van der Waals surface area contributed by atoms with Crippen LogP contribution in [0.2, 0.25) is 0 Å². The summed E-state index contributed by atoms with van der Waals surface area (Å²) in [7, 11) is 0. The number of imidazole rings is 1. The number of hydrogen-bond acceptors (Lipinski definition) is 6. The number of nitrogens with zero attached hydrogens (tertiary/aromatic N) is 7. The first-order valence-corrected chi connectivity index (χ1v) is 8.59. The molecule has 1 fully saturated rings. The first kappa shape index (κ1) is 17.1. The van der Waals surface area contributed by atoms with E-state index in [9.17, 15) is 9.18 Å². The Labute approximate surface area is 155 Å². The molecule has 3 aromatic heterocycles. The van der Waals surface area contributed by atoms with Gasteiger partial charge in [-0.05, 0) is 13.0 Å². The van der Waals surface area contributed by atoms with Gasteiger partial charge < -0.3 is 9.80 Å². The molecule has 0 aliphatic carbocycles. The number of carbonyl (C=O) groups excluding carboxylic acids is 1. The molecule has 1 amide bonds. The summed E-state index contributed by atoms with van der Waals surface area (Å²) in [6.45, 7) is 4.17. The molecule has 0 saturated carbocycles. The summed E-state index contributed by atoms with van der Waals surface area (Å²) in [5.74, 6) is 1.51. The normalized spacial score (nSPS) is 14.4. The molecule has 8 nitrogen and oxygen atoms in total. The summed E-state index contributed by atoms with van der Waals surface area (Å²) in [5.41, 5.74) is 0.267. The van der Waals surface area contributed by atoms with Crippen LogP contribution in [0.4, 0.5) is 10.2 Å². The zero-order valence-corrected chi connectivity index (χ0v) is 14.8. The molecule has 9 heteroatoms. The quantitative estimate of drug-likeness (QED) is 0.697. The maximum Gasteiger partial charge on any atom is 0.255 e. The van der Waals surface area contributed by atoms with E-state index in [1.54, 1.807) is 17.4 Å². The molecule has 0 N–H and O–H groups in total. The number of hydrogen-bond donors (Lipinski definition) is 0. The molecule has 0 bridgehead atoms. The Morgan fingerprint density at radius 1 is 1.04 bits per heavy atom. The van der Waals surface area contributed by atoms with Crippen molar-refractivity contribution < 1.29 is 9.18 Å². The van der Waals surface area contributed by atoms with Gasteiger partial charge in [-0.15, -0.1) is 0 Å². The molecule has 0 aromatic carbocycles. The monoisotopic (exact) mass is 367 g/mol. The minimum absolute atomic E-state index is 0.209. The molecule has 1 aliphatic heterocycles. The Morgan fingerprint density at radius 3 is 2.52 bits per heavy atom. The van der Waals surface area contributed by atoms with Crippen molar-refractivity contribution in [1.82, 2.24) is 29.4 Å². The first-order valence-electron chi connectivity index (χ1n) is 8.59. The second-order valence-corrected chi connectivity index (χ2v) is 6.27. The number of anilines is 1. The summed E-state index contributed by atoms with van der Waals surface area (Å²) in [6.07, 6.45) is 7.69. The van der Waals surface area contributed by atoms with Gasteiger partial charge in [0.1, 0.15) is 29.6 Å². The van der Waals surface area contributed by atoms with Gasteiger partial charge in [0.25, 0.3) is 5.91 Å². The van der Waals surface area contributed by atoms with Gasteiger partial charge in [-0.1, -0.05) is 0 Å². The summed E-state index contributed by atoms with van der Waals surface area (Å²) >= 11 is 0. The summed E-state index contributed by atoms with van der Waals surface area (Å²) in [5, 5.41) is 0. The third kappa shape index (κ3) is 3.62. The molecule has 4 rings (SSSR count). The van der Waals surface area contributed by atoms with Crippen molar-refractivity contribution in [3.05, 3.63) is 60.5 Å². The minimum atomic E-state index is -0.511. The molecular weight excluding hydrogens is 349 g/mol. The number of aromatic nitrogens is 5. The van der Waals surface area contributed by atoms with Gasteiger partial charge in [0, 0.05) is 50.8 Å². The highest BCUT2D eigenvalue weighted by molar-refractivity contribution is 5.94. The number of aryl methyl sites for hydroxylation is 1. The molecule has 138 valence electrons. The summed E-state index contributed by atoms with van der Waals surface area (Å²) < 4.78 is 15.1. The fourth-order valence-corrected chi connectivity index (χ4v) is 3.08. The van der Waals surface area contributed by atoms with Crippen molar-refractivity contribution in [2.75, 3.05) is 31.1 Å². The topological polar surface area (TPSA) is 80.0 Å². The van der Waals surface area contributed by atoms with Crippen LogP contribution in [0.5, 0.6) is 0 Å². The molecule has 0 atom stereocenters. The van der Waals surface area contributed by atoms with Crippen molar-refractivity contribution in [3.63, 3.8) is 0 Å². The van der Waals surface area contributed by atoms with Gasteiger partial charge in [0.15, 0.2) is 0 Å². The van der Waals surface area contributed by atoms with Gasteiger partial charge in [-0.25, -0.2) is 19.3 Å². The maximum absolute atomic E-state index is 13.3. The van der Waals surface area contributed by atoms with E-state index in [1.807, 2.05) is 23.8 Å². The third-order valence-electron chi connectivity index (χ3n) is 4.42. The average Bonchev–Trinajstić information content (AvgIpc) is 3.22. The van der Waals surface area contributed by atoms with E-state index in [0.717, 1.165) is 17.8 Å². The summed E-state index contributed by atoms with van der Waals surface area (Å²) in [4.78, 5) is 33.1. The molecule has 0 radical (unpaired) electrons. The highest BCUT2D eigenvalue weighted by atomic mass is 19.1. The van der Waals surface area contributed by atoms with Crippen LogP contribution in [0.3, 0.4) is 0 Å². The largest absolute Gasteiger partial charge is 0.353 e. The van der Waals surface area contributed by atoms with E-state index < -0.39 is 5.82 Å². The van der Waals surface area contributed by atoms with Crippen LogP contribution in [0.1, 0.15) is 16.2 Å². The zero-order chi connectivity index (χ0) is 18.8. The lowest BCUT2D eigenvalue weighted by Crippen LogP contribution is -2.49. The first-order chi connectivity index (χ1) is 13.1. The van der Waals surface area contributed by atoms with Gasteiger partial charge >= 0.3 is 0 Å². The minimum Gasteiger partial charge on any atom is -0.353 e. The lowest BCUT2D eigenvalue weighted by Gasteiger charge is -2.35. The number of pyridine rings is 1. The molecule has 1 aliphatic rings. The van der Waals surface area contributed by atoms with Crippen molar-refractivity contribution in [2.45, 2.75) is 6.92 Å². The molecule has 0 unspecified atom stereocenters. The second-order valence-electron chi connectivity index (χ2n) is 6.27. The van der Waals surface area contributed by atoms with Gasteiger partial charge in [-0.2, -0.15) is 0 Å². The van der Waals surface area contributed by atoms with Gasteiger partial charge in [-0.3, -0.25) is 14.3 Å². The highest BCUT2D eigenvalue weighted by Crippen LogP contribution is 2.18. The third-order valence-corrected chi connectivity index (χ3v) is 4.42. The Bertz CT molecular complexity index is 952. The molecule has 4 heterocycles. The molecule has 0 spiro atoms.